The highest BCUT2D eigenvalue weighted by atomic mass is 79.9. The summed E-state index contributed by atoms with van der Waals surface area (Å²) in [6.45, 7) is 4.40. The maximum atomic E-state index is 13.2. The van der Waals surface area contributed by atoms with Crippen LogP contribution in [0.2, 0.25) is 0 Å². The molecule has 0 saturated carbocycles. The molecular formula is C27H25BrN4O4. The van der Waals surface area contributed by atoms with Gasteiger partial charge >= 0.3 is 11.8 Å². The van der Waals surface area contributed by atoms with Crippen molar-refractivity contribution < 1.29 is 19.1 Å². The highest BCUT2D eigenvalue weighted by Gasteiger charge is 2.21. The molecule has 4 rings (SSSR count). The molecule has 0 spiro atoms. The zero-order chi connectivity index (χ0) is 25.7. The molecule has 4 aromatic rings. The van der Waals surface area contributed by atoms with Crippen LogP contribution in [0.1, 0.15) is 29.9 Å². The van der Waals surface area contributed by atoms with E-state index in [-0.39, 0.29) is 5.69 Å². The molecule has 1 heterocycles. The van der Waals surface area contributed by atoms with Crippen LogP contribution in [0.25, 0.3) is 10.9 Å². The van der Waals surface area contributed by atoms with Crippen LogP contribution in [0.5, 0.6) is 5.75 Å². The Morgan fingerprint density at radius 3 is 2.36 bits per heavy atom. The average Bonchev–Trinajstić information content (AvgIpc) is 3.23. The van der Waals surface area contributed by atoms with E-state index >= 15 is 0 Å². The first kappa shape index (κ1) is 25.0. The van der Waals surface area contributed by atoms with Gasteiger partial charge in [0.15, 0.2) is 0 Å². The summed E-state index contributed by atoms with van der Waals surface area (Å²) in [7, 11) is 0. The Hall–Kier alpha value is -4.11. The van der Waals surface area contributed by atoms with Crippen LogP contribution < -0.4 is 20.8 Å². The van der Waals surface area contributed by atoms with E-state index in [0.717, 1.165) is 10.0 Å². The second-order valence-corrected chi connectivity index (χ2v) is 8.80. The first-order valence-electron chi connectivity index (χ1n) is 11.4. The third kappa shape index (κ3) is 5.58. The quantitative estimate of drug-likeness (QED) is 0.272. The lowest BCUT2D eigenvalue weighted by atomic mass is 10.1. The van der Waals surface area contributed by atoms with Gasteiger partial charge in [0.25, 0.3) is 5.91 Å². The number of nitrogens with one attached hydrogen (secondary N) is 3. The van der Waals surface area contributed by atoms with Gasteiger partial charge in [-0.25, -0.2) is 4.68 Å². The van der Waals surface area contributed by atoms with Gasteiger partial charge in [0.05, 0.1) is 12.1 Å². The Balaban J connectivity index is 1.59. The van der Waals surface area contributed by atoms with Crippen molar-refractivity contribution in [2.75, 3.05) is 22.7 Å². The number of aryl methyl sites for hydroxylation is 1. The smallest absolute Gasteiger partial charge is 0.328 e. The van der Waals surface area contributed by atoms with Crippen molar-refractivity contribution in [3.05, 3.63) is 88.5 Å². The van der Waals surface area contributed by atoms with E-state index in [0.29, 0.717) is 41.1 Å². The molecule has 3 amide bonds. The van der Waals surface area contributed by atoms with E-state index in [1.165, 1.54) is 4.68 Å². The maximum absolute atomic E-state index is 13.2. The standard InChI is InChI=1S/C27H25BrN4O4/c1-3-17-7-5-6-8-22(17)30-26(34)27(35)31-32-23-14-9-19(28)15-18(23)16-24(32)25(33)29-20-10-12-21(13-11-20)36-4-2/h5-16H,3-4H2,1-2H3,(H,29,33)(H,30,34)(H,31,35). The van der Waals surface area contributed by atoms with Crippen LogP contribution in [0, 0.1) is 0 Å². The number of ether oxygens (including phenoxy) is 1. The Bertz CT molecular complexity index is 1430. The molecule has 0 unspecified atom stereocenters. The minimum absolute atomic E-state index is 0.159. The number of nitrogens with zero attached hydrogens (tertiary/aromatic N) is 1. The van der Waals surface area contributed by atoms with Gasteiger partial charge in [-0.1, -0.05) is 41.1 Å². The van der Waals surface area contributed by atoms with Crippen LogP contribution in [-0.2, 0) is 16.0 Å². The normalized spacial score (nSPS) is 10.6. The number of rotatable bonds is 7. The number of carbonyl (C=O) groups is 3. The fourth-order valence-electron chi connectivity index (χ4n) is 3.75. The Labute approximate surface area is 216 Å². The number of carbonyl (C=O) groups excluding carboxylic acids is 3. The van der Waals surface area contributed by atoms with Crippen LogP contribution in [0.15, 0.2) is 77.3 Å². The number of hydrogen-bond donors (Lipinski definition) is 3. The lowest BCUT2D eigenvalue weighted by Gasteiger charge is -2.14. The van der Waals surface area contributed by atoms with Gasteiger partial charge in [-0.2, -0.15) is 0 Å². The number of hydrogen-bond acceptors (Lipinski definition) is 4. The summed E-state index contributed by atoms with van der Waals surface area (Å²) in [4.78, 5) is 38.8. The molecule has 1 aromatic heterocycles. The molecule has 36 heavy (non-hydrogen) atoms. The third-order valence-corrected chi connectivity index (χ3v) is 5.98. The first-order chi connectivity index (χ1) is 17.4. The molecule has 184 valence electrons. The molecule has 3 N–H and O–H groups in total. The van der Waals surface area contributed by atoms with Gasteiger partial charge in [0, 0.05) is 21.2 Å². The molecule has 0 aliphatic heterocycles. The Morgan fingerprint density at radius 1 is 0.889 bits per heavy atom. The number of aromatic nitrogens is 1. The topological polar surface area (TPSA) is 101 Å². The minimum atomic E-state index is -0.906. The van der Waals surface area contributed by atoms with Crippen molar-refractivity contribution in [3.8, 4) is 5.75 Å². The van der Waals surface area contributed by atoms with Crippen molar-refractivity contribution in [2.24, 2.45) is 0 Å². The van der Waals surface area contributed by atoms with Crippen LogP contribution in [0.4, 0.5) is 11.4 Å². The lowest BCUT2D eigenvalue weighted by Crippen LogP contribution is -2.36. The van der Waals surface area contributed by atoms with E-state index in [1.54, 1.807) is 54.6 Å². The number of anilines is 2. The van der Waals surface area contributed by atoms with Crippen molar-refractivity contribution >= 4 is 55.9 Å². The molecule has 8 nitrogen and oxygen atoms in total. The average molecular weight is 549 g/mol. The first-order valence-corrected chi connectivity index (χ1v) is 12.2. The van der Waals surface area contributed by atoms with Crippen molar-refractivity contribution in [1.29, 1.82) is 0 Å². The zero-order valence-electron chi connectivity index (χ0n) is 19.8. The van der Waals surface area contributed by atoms with E-state index in [9.17, 15) is 14.4 Å². The van der Waals surface area contributed by atoms with Gasteiger partial charge in [0.2, 0.25) is 0 Å². The molecule has 0 saturated heterocycles. The number of halogens is 1. The van der Waals surface area contributed by atoms with Crippen molar-refractivity contribution in [1.82, 2.24) is 4.68 Å². The van der Waals surface area contributed by atoms with Gasteiger partial charge in [0.1, 0.15) is 11.4 Å². The van der Waals surface area contributed by atoms with E-state index in [4.69, 9.17) is 4.74 Å². The number of para-hydroxylation sites is 1. The fraction of sp³-hybridized carbons (Fsp3) is 0.148. The van der Waals surface area contributed by atoms with Gasteiger partial charge in [-0.15, -0.1) is 0 Å². The zero-order valence-corrected chi connectivity index (χ0v) is 21.4. The second kappa shape index (κ2) is 11.1. The molecule has 0 aliphatic carbocycles. The summed E-state index contributed by atoms with van der Waals surface area (Å²) in [5.74, 6) is -1.51. The van der Waals surface area contributed by atoms with Crippen LogP contribution in [-0.4, -0.2) is 29.0 Å². The summed E-state index contributed by atoms with van der Waals surface area (Å²) < 4.78 is 7.57. The molecule has 0 radical (unpaired) electrons. The molecule has 0 atom stereocenters. The molecule has 3 aromatic carbocycles. The monoisotopic (exact) mass is 548 g/mol. The van der Waals surface area contributed by atoms with Crippen LogP contribution >= 0.6 is 15.9 Å². The SMILES string of the molecule is CCOc1ccc(NC(=O)c2cc3cc(Br)ccc3n2NC(=O)C(=O)Nc2ccccc2CC)cc1. The molecule has 9 heteroatoms. The summed E-state index contributed by atoms with van der Waals surface area (Å²) in [6, 6.07) is 21.2. The van der Waals surface area contributed by atoms with E-state index in [1.807, 2.05) is 32.0 Å². The van der Waals surface area contributed by atoms with Gasteiger partial charge in [-0.05, 0) is 73.5 Å². The molecule has 0 bridgehead atoms. The molecule has 0 aliphatic rings. The predicted octanol–water partition coefficient (Wildman–Crippen LogP) is 5.33. The Kier molecular flexibility index (Phi) is 7.70. The van der Waals surface area contributed by atoms with E-state index < -0.39 is 17.7 Å². The summed E-state index contributed by atoms with van der Waals surface area (Å²) in [6.07, 6.45) is 0.699. The lowest BCUT2D eigenvalue weighted by molar-refractivity contribution is -0.133. The third-order valence-electron chi connectivity index (χ3n) is 5.49. The minimum Gasteiger partial charge on any atom is -0.494 e. The number of benzene rings is 3. The highest BCUT2D eigenvalue weighted by Crippen LogP contribution is 2.24. The van der Waals surface area contributed by atoms with Crippen molar-refractivity contribution in [3.63, 3.8) is 0 Å². The number of fused-ring (bicyclic) bond motifs is 1. The second-order valence-electron chi connectivity index (χ2n) is 7.89. The largest absolute Gasteiger partial charge is 0.494 e. The van der Waals surface area contributed by atoms with Gasteiger partial charge in [-0.3, -0.25) is 19.8 Å². The predicted molar refractivity (Wildman–Crippen MR) is 144 cm³/mol. The van der Waals surface area contributed by atoms with E-state index in [2.05, 4.69) is 32.0 Å². The van der Waals surface area contributed by atoms with Crippen LogP contribution in [0.3, 0.4) is 0 Å². The fourth-order valence-corrected chi connectivity index (χ4v) is 4.13. The molecular weight excluding hydrogens is 524 g/mol. The summed E-state index contributed by atoms with van der Waals surface area (Å²) in [5, 5.41) is 6.18. The van der Waals surface area contributed by atoms with Crippen molar-refractivity contribution in [2.45, 2.75) is 20.3 Å². The maximum Gasteiger partial charge on any atom is 0.328 e. The summed E-state index contributed by atoms with van der Waals surface area (Å²) >= 11 is 3.43. The highest BCUT2D eigenvalue weighted by molar-refractivity contribution is 9.10. The Morgan fingerprint density at radius 2 is 1.64 bits per heavy atom. The number of amides is 3. The molecule has 0 fully saturated rings. The summed E-state index contributed by atoms with van der Waals surface area (Å²) in [5.41, 5.74) is 5.32. The van der Waals surface area contributed by atoms with Gasteiger partial charge < -0.3 is 15.4 Å².